The number of carbonyl (C=O) groups excluding carboxylic acids is 1. The Morgan fingerprint density at radius 3 is 2.67 bits per heavy atom. The van der Waals surface area contributed by atoms with Gasteiger partial charge in [0.2, 0.25) is 0 Å². The highest BCUT2D eigenvalue weighted by Gasteiger charge is 2.33. The monoisotopic (exact) mass is 370 g/mol. The van der Waals surface area contributed by atoms with Crippen molar-refractivity contribution in [1.29, 1.82) is 5.26 Å². The van der Waals surface area contributed by atoms with Crippen LogP contribution in [0.5, 0.6) is 0 Å². The Kier molecular flexibility index (Phi) is 5.97. The first-order valence-electron chi connectivity index (χ1n) is 7.65. The lowest BCUT2D eigenvalue weighted by molar-refractivity contribution is 0.0231. The zero-order chi connectivity index (χ0) is 17.9. The molecule has 0 aliphatic carbocycles. The molecule has 130 valence electrons. The second-order valence-corrected chi connectivity index (χ2v) is 7.44. The topological polar surface area (TPSA) is 62.6 Å². The summed E-state index contributed by atoms with van der Waals surface area (Å²) in [4.78, 5) is 13.8. The van der Waals surface area contributed by atoms with Crippen molar-refractivity contribution in [3.63, 3.8) is 0 Å². The van der Waals surface area contributed by atoms with Crippen LogP contribution < -0.4 is 0 Å². The molecule has 24 heavy (non-hydrogen) atoms. The van der Waals surface area contributed by atoms with Crippen LogP contribution in [0.25, 0.3) is 0 Å². The Hall–Kier alpha value is -1.48. The highest BCUT2D eigenvalue weighted by atomic mass is 35.5. The van der Waals surface area contributed by atoms with Gasteiger partial charge in [-0.3, -0.25) is 0 Å². The fourth-order valence-corrected chi connectivity index (χ4v) is 2.76. The zero-order valence-corrected chi connectivity index (χ0v) is 15.4. The van der Waals surface area contributed by atoms with Crippen LogP contribution in [-0.2, 0) is 9.47 Å². The van der Waals surface area contributed by atoms with E-state index in [0.717, 1.165) is 5.56 Å². The Balaban J connectivity index is 2.18. The molecule has 1 aliphatic rings. The first-order chi connectivity index (χ1) is 11.2. The predicted molar refractivity (Wildman–Crippen MR) is 92.1 cm³/mol. The van der Waals surface area contributed by atoms with Gasteiger partial charge in [0, 0.05) is 13.1 Å². The van der Waals surface area contributed by atoms with Crippen LogP contribution in [0.1, 0.15) is 32.4 Å². The van der Waals surface area contributed by atoms with Crippen LogP contribution in [-0.4, -0.2) is 36.3 Å². The Morgan fingerprint density at radius 1 is 1.38 bits per heavy atom. The van der Waals surface area contributed by atoms with Gasteiger partial charge < -0.3 is 14.4 Å². The second kappa shape index (κ2) is 7.60. The molecule has 7 heteroatoms. The molecule has 0 saturated carbocycles. The Morgan fingerprint density at radius 2 is 2.08 bits per heavy atom. The average Bonchev–Trinajstić information content (AvgIpc) is 2.70. The van der Waals surface area contributed by atoms with Gasteiger partial charge in [0.05, 0.1) is 28.6 Å². The summed E-state index contributed by atoms with van der Waals surface area (Å²) < 4.78 is 11.2. The van der Waals surface area contributed by atoms with Gasteiger partial charge in [0.15, 0.2) is 0 Å². The van der Waals surface area contributed by atoms with Gasteiger partial charge >= 0.3 is 6.09 Å². The van der Waals surface area contributed by atoms with Gasteiger partial charge in [-0.05, 0) is 38.5 Å². The van der Waals surface area contributed by atoms with E-state index in [2.05, 4.69) is 6.07 Å². The van der Waals surface area contributed by atoms with Crippen LogP contribution in [0.2, 0.25) is 10.0 Å². The third-order valence-corrected chi connectivity index (χ3v) is 4.27. The van der Waals surface area contributed by atoms with E-state index in [1.54, 1.807) is 39.0 Å². The third kappa shape index (κ3) is 4.76. The summed E-state index contributed by atoms with van der Waals surface area (Å²) in [7, 11) is 0. The SMILES string of the molecule is CC(C)(C)OC(=O)N1CCO[C@@H](c2ccc(Cl)c(Cl)c2)[C@H](C#N)C1. The third-order valence-electron chi connectivity index (χ3n) is 3.53. The van der Waals surface area contributed by atoms with E-state index in [1.165, 1.54) is 4.90 Å². The maximum absolute atomic E-state index is 12.3. The van der Waals surface area contributed by atoms with Gasteiger partial charge in [-0.15, -0.1) is 0 Å². The highest BCUT2D eigenvalue weighted by molar-refractivity contribution is 6.42. The van der Waals surface area contributed by atoms with E-state index < -0.39 is 23.7 Å². The maximum atomic E-state index is 12.3. The first-order valence-corrected chi connectivity index (χ1v) is 8.41. The molecule has 2 atom stereocenters. The molecule has 1 aromatic carbocycles. The number of amides is 1. The number of nitrogens with zero attached hydrogens (tertiary/aromatic N) is 2. The number of benzene rings is 1. The molecule has 0 N–H and O–H groups in total. The summed E-state index contributed by atoms with van der Waals surface area (Å²) in [5.41, 5.74) is 0.178. The first kappa shape index (κ1) is 18.9. The fourth-order valence-electron chi connectivity index (χ4n) is 2.45. The highest BCUT2D eigenvalue weighted by Crippen LogP contribution is 2.33. The quantitative estimate of drug-likeness (QED) is 0.732. The molecule has 1 amide bonds. The van der Waals surface area contributed by atoms with Gasteiger partial charge in [0.1, 0.15) is 11.7 Å². The standard InChI is InChI=1S/C17H20Cl2N2O3/c1-17(2,3)24-16(22)21-6-7-23-15(12(9-20)10-21)11-4-5-13(18)14(19)8-11/h4-5,8,12,15H,6-7,10H2,1-3H3/t12-,15+/m1/s1. The minimum atomic E-state index is -0.588. The van der Waals surface area contributed by atoms with Gasteiger partial charge in [-0.2, -0.15) is 5.26 Å². The number of rotatable bonds is 1. The summed E-state index contributed by atoms with van der Waals surface area (Å²) in [6.07, 6.45) is -0.918. The summed E-state index contributed by atoms with van der Waals surface area (Å²) in [5.74, 6) is -0.530. The van der Waals surface area contributed by atoms with Gasteiger partial charge in [0.25, 0.3) is 0 Å². The fraction of sp³-hybridized carbons (Fsp3) is 0.529. The lowest BCUT2D eigenvalue weighted by atomic mass is 9.96. The molecule has 1 heterocycles. The molecule has 1 aliphatic heterocycles. The average molecular weight is 371 g/mol. The Bertz CT molecular complexity index is 652. The minimum Gasteiger partial charge on any atom is -0.444 e. The van der Waals surface area contributed by atoms with Gasteiger partial charge in [-0.1, -0.05) is 29.3 Å². The smallest absolute Gasteiger partial charge is 0.410 e. The molecule has 1 aromatic rings. The number of carbonyl (C=O) groups is 1. The van der Waals surface area contributed by atoms with Crippen molar-refractivity contribution in [1.82, 2.24) is 4.90 Å². The molecule has 5 nitrogen and oxygen atoms in total. The summed E-state index contributed by atoms with van der Waals surface area (Å²) in [5, 5.41) is 10.4. The molecule has 0 bridgehead atoms. The van der Waals surface area contributed by atoms with Crippen molar-refractivity contribution in [3.8, 4) is 6.07 Å². The number of halogens is 2. The van der Waals surface area contributed by atoms with E-state index in [-0.39, 0.29) is 6.54 Å². The molecular formula is C17H20Cl2N2O3. The van der Waals surface area contributed by atoms with Crippen LogP contribution in [0, 0.1) is 17.2 Å². The predicted octanol–water partition coefficient (Wildman–Crippen LogP) is 4.44. The molecule has 0 unspecified atom stereocenters. The normalized spacial score (nSPS) is 21.8. The lowest BCUT2D eigenvalue weighted by Crippen LogP contribution is -2.39. The largest absolute Gasteiger partial charge is 0.444 e. The van der Waals surface area contributed by atoms with Crippen LogP contribution in [0.15, 0.2) is 18.2 Å². The number of hydrogen-bond donors (Lipinski definition) is 0. The Labute approximate surface area is 152 Å². The summed E-state index contributed by atoms with van der Waals surface area (Å²) in [6.45, 7) is 6.32. The van der Waals surface area contributed by atoms with Gasteiger partial charge in [-0.25, -0.2) is 4.79 Å². The maximum Gasteiger partial charge on any atom is 0.410 e. The van der Waals surface area contributed by atoms with Crippen molar-refractivity contribution in [2.45, 2.75) is 32.5 Å². The molecule has 0 radical (unpaired) electrons. The lowest BCUT2D eigenvalue weighted by Gasteiger charge is -2.27. The molecule has 1 saturated heterocycles. The number of hydrogen-bond acceptors (Lipinski definition) is 4. The van der Waals surface area contributed by atoms with Crippen molar-refractivity contribution >= 4 is 29.3 Å². The van der Waals surface area contributed by atoms with Crippen LogP contribution >= 0.6 is 23.2 Å². The number of nitriles is 1. The second-order valence-electron chi connectivity index (χ2n) is 6.63. The van der Waals surface area contributed by atoms with Crippen LogP contribution in [0.3, 0.4) is 0 Å². The van der Waals surface area contributed by atoms with Crippen molar-refractivity contribution in [2.24, 2.45) is 5.92 Å². The number of ether oxygens (including phenoxy) is 2. The summed E-state index contributed by atoms with van der Waals surface area (Å²) >= 11 is 12.0. The van der Waals surface area contributed by atoms with E-state index in [1.807, 2.05) is 0 Å². The molecule has 1 fully saturated rings. The molecule has 0 aromatic heterocycles. The van der Waals surface area contributed by atoms with E-state index >= 15 is 0 Å². The van der Waals surface area contributed by atoms with Crippen molar-refractivity contribution in [3.05, 3.63) is 33.8 Å². The molecule has 2 rings (SSSR count). The molecule has 0 spiro atoms. The minimum absolute atomic E-state index is 0.232. The van der Waals surface area contributed by atoms with E-state index in [9.17, 15) is 10.1 Å². The molecular weight excluding hydrogens is 351 g/mol. The van der Waals surface area contributed by atoms with Crippen molar-refractivity contribution in [2.75, 3.05) is 19.7 Å². The van der Waals surface area contributed by atoms with E-state index in [0.29, 0.717) is 23.2 Å². The van der Waals surface area contributed by atoms with E-state index in [4.69, 9.17) is 32.7 Å². The summed E-state index contributed by atoms with van der Waals surface area (Å²) in [6, 6.07) is 7.38. The zero-order valence-electron chi connectivity index (χ0n) is 13.9. The van der Waals surface area contributed by atoms with Crippen molar-refractivity contribution < 1.29 is 14.3 Å². The van der Waals surface area contributed by atoms with Crippen LogP contribution in [0.4, 0.5) is 4.79 Å².